The normalized spacial score (nSPS) is 14.1. The number of hydrogen-bond acceptors (Lipinski definition) is 8. The fourth-order valence-electron chi connectivity index (χ4n) is 5.07. The van der Waals surface area contributed by atoms with Crippen LogP contribution >= 0.6 is 0 Å². The standard InChI is InChI=1S/C35H64N4O10/c1-9-34(8,25(6)7)23-49-22-21-48-20-19-37-33(47)35(10-2,11-3)17-16-27(32(45)46)39-29(41)15-14-26(31(43)44)38-28(40)13-12-18-36-30(42)24(4)5/h24-27H,9-23H2,1-8H3,(H,36,42)(H,37,47)(H,38,40)(H,39,41)(H,43,44)(H,45,46)/t26-,27-,34?/m0/s1. The van der Waals surface area contributed by atoms with Gasteiger partial charge in [0.1, 0.15) is 12.1 Å². The first-order valence-electron chi connectivity index (χ1n) is 17.7. The second kappa shape index (κ2) is 24.0. The number of hydrogen-bond donors (Lipinski definition) is 6. The molecule has 0 spiro atoms. The van der Waals surface area contributed by atoms with Gasteiger partial charge < -0.3 is 41.0 Å². The van der Waals surface area contributed by atoms with Crippen LogP contribution in [0.4, 0.5) is 0 Å². The summed E-state index contributed by atoms with van der Waals surface area (Å²) in [6.07, 6.45) is 1.85. The second-order valence-corrected chi connectivity index (χ2v) is 13.6. The highest BCUT2D eigenvalue weighted by atomic mass is 16.5. The first-order chi connectivity index (χ1) is 23.0. The second-order valence-electron chi connectivity index (χ2n) is 13.6. The van der Waals surface area contributed by atoms with Gasteiger partial charge in [-0.3, -0.25) is 19.2 Å². The molecule has 49 heavy (non-hydrogen) atoms. The summed E-state index contributed by atoms with van der Waals surface area (Å²) < 4.78 is 11.4. The van der Waals surface area contributed by atoms with Crippen LogP contribution in [0.25, 0.3) is 0 Å². The van der Waals surface area contributed by atoms with Crippen LogP contribution in [0.2, 0.25) is 0 Å². The number of carbonyl (C=O) groups excluding carboxylic acids is 4. The van der Waals surface area contributed by atoms with Crippen molar-refractivity contribution in [3.8, 4) is 0 Å². The highest BCUT2D eigenvalue weighted by molar-refractivity contribution is 5.86. The summed E-state index contributed by atoms with van der Waals surface area (Å²) in [7, 11) is 0. The lowest BCUT2D eigenvalue weighted by Gasteiger charge is -2.32. The summed E-state index contributed by atoms with van der Waals surface area (Å²) >= 11 is 0. The Morgan fingerprint density at radius 1 is 0.694 bits per heavy atom. The van der Waals surface area contributed by atoms with Gasteiger partial charge in [-0.2, -0.15) is 0 Å². The van der Waals surface area contributed by atoms with Crippen molar-refractivity contribution in [1.29, 1.82) is 0 Å². The summed E-state index contributed by atoms with van der Waals surface area (Å²) in [5.41, 5.74) is -0.738. The van der Waals surface area contributed by atoms with Gasteiger partial charge in [0.15, 0.2) is 0 Å². The van der Waals surface area contributed by atoms with E-state index in [-0.39, 0.29) is 68.3 Å². The molecule has 0 aliphatic heterocycles. The molecule has 0 aromatic rings. The van der Waals surface area contributed by atoms with Gasteiger partial charge in [-0.1, -0.05) is 55.4 Å². The van der Waals surface area contributed by atoms with Crippen LogP contribution in [0.3, 0.4) is 0 Å². The molecule has 6 N–H and O–H groups in total. The van der Waals surface area contributed by atoms with Crippen molar-refractivity contribution in [2.24, 2.45) is 22.7 Å². The molecule has 0 aliphatic rings. The van der Waals surface area contributed by atoms with Crippen LogP contribution in [-0.2, 0) is 38.2 Å². The van der Waals surface area contributed by atoms with Gasteiger partial charge in [-0.05, 0) is 56.3 Å². The highest BCUT2D eigenvalue weighted by Crippen LogP contribution is 2.33. The third kappa shape index (κ3) is 17.8. The Hall–Kier alpha value is -3.26. The van der Waals surface area contributed by atoms with Crippen LogP contribution in [0.15, 0.2) is 0 Å². The third-order valence-corrected chi connectivity index (χ3v) is 9.62. The SMILES string of the molecule is CCC(CC)(CC[C@H](NC(=O)CC[C@H](NC(=O)CCCNC(=O)C(C)C)C(=O)O)C(=O)O)C(=O)NCCOCCOCC(C)(CC)C(C)C. The van der Waals surface area contributed by atoms with E-state index in [2.05, 4.69) is 49.0 Å². The molecule has 3 atom stereocenters. The van der Waals surface area contributed by atoms with Gasteiger partial charge in [0.05, 0.1) is 26.4 Å². The largest absolute Gasteiger partial charge is 0.480 e. The minimum absolute atomic E-state index is 0.0104. The van der Waals surface area contributed by atoms with Crippen molar-refractivity contribution >= 4 is 35.6 Å². The average molecular weight is 701 g/mol. The van der Waals surface area contributed by atoms with E-state index in [4.69, 9.17) is 9.47 Å². The van der Waals surface area contributed by atoms with Gasteiger partial charge in [-0.25, -0.2) is 9.59 Å². The van der Waals surface area contributed by atoms with E-state index < -0.39 is 41.3 Å². The van der Waals surface area contributed by atoms with Gasteiger partial charge in [0.2, 0.25) is 23.6 Å². The molecule has 284 valence electrons. The molecule has 4 amide bonds. The number of amides is 4. The molecule has 1 unspecified atom stereocenters. The number of aliphatic carboxylic acids is 2. The molecule has 0 fully saturated rings. The quantitative estimate of drug-likeness (QED) is 0.0656. The molecule has 0 heterocycles. The predicted molar refractivity (Wildman–Crippen MR) is 186 cm³/mol. The molecule has 14 nitrogen and oxygen atoms in total. The fraction of sp³-hybridized carbons (Fsp3) is 0.829. The fourth-order valence-corrected chi connectivity index (χ4v) is 5.07. The molecule has 0 rings (SSSR count). The number of nitrogens with one attached hydrogen (secondary N) is 4. The number of carbonyl (C=O) groups is 6. The van der Waals surface area contributed by atoms with Gasteiger partial charge in [-0.15, -0.1) is 0 Å². The van der Waals surface area contributed by atoms with Crippen molar-refractivity contribution in [1.82, 2.24) is 21.3 Å². The minimum atomic E-state index is -1.35. The van der Waals surface area contributed by atoms with Crippen molar-refractivity contribution in [3.63, 3.8) is 0 Å². The lowest BCUT2D eigenvalue weighted by molar-refractivity contribution is -0.144. The molecule has 0 aliphatic carbocycles. The van der Waals surface area contributed by atoms with Gasteiger partial charge in [0, 0.05) is 37.3 Å². The maximum atomic E-state index is 13.2. The first kappa shape index (κ1) is 45.7. The maximum Gasteiger partial charge on any atom is 0.326 e. The lowest BCUT2D eigenvalue weighted by atomic mass is 9.76. The molecular weight excluding hydrogens is 636 g/mol. The minimum Gasteiger partial charge on any atom is -0.480 e. The zero-order chi connectivity index (χ0) is 37.6. The summed E-state index contributed by atoms with van der Waals surface area (Å²) in [6, 6.07) is -2.63. The van der Waals surface area contributed by atoms with Crippen LogP contribution in [0, 0.1) is 22.7 Å². The Balaban J connectivity index is 4.81. The number of rotatable bonds is 28. The van der Waals surface area contributed by atoms with Crippen molar-refractivity contribution in [3.05, 3.63) is 0 Å². The number of carboxylic acids is 2. The van der Waals surface area contributed by atoms with Crippen LogP contribution in [-0.4, -0.2) is 97.4 Å². The van der Waals surface area contributed by atoms with E-state index in [9.17, 15) is 39.0 Å². The van der Waals surface area contributed by atoms with Crippen LogP contribution in [0.5, 0.6) is 0 Å². The maximum absolute atomic E-state index is 13.2. The molecule has 0 aromatic carbocycles. The Labute approximate surface area is 292 Å². The molecule has 0 saturated carbocycles. The van der Waals surface area contributed by atoms with E-state index in [0.717, 1.165) is 6.42 Å². The molecule has 0 saturated heterocycles. The molecule has 14 heteroatoms. The molecule has 0 aromatic heterocycles. The summed E-state index contributed by atoms with van der Waals surface area (Å²) in [5, 5.41) is 29.7. The zero-order valence-electron chi connectivity index (χ0n) is 31.1. The smallest absolute Gasteiger partial charge is 0.326 e. The Morgan fingerprint density at radius 2 is 1.24 bits per heavy atom. The Kier molecular flexibility index (Phi) is 22.4. The zero-order valence-corrected chi connectivity index (χ0v) is 31.1. The predicted octanol–water partition coefficient (Wildman–Crippen LogP) is 3.27. The number of ether oxygens (including phenoxy) is 2. The highest BCUT2D eigenvalue weighted by Gasteiger charge is 2.36. The number of carboxylic acid groups (broad SMARTS) is 2. The Morgan fingerprint density at radius 3 is 1.76 bits per heavy atom. The van der Waals surface area contributed by atoms with Crippen LogP contribution < -0.4 is 21.3 Å². The van der Waals surface area contributed by atoms with Crippen molar-refractivity contribution in [2.75, 3.05) is 39.5 Å². The molecule has 0 bridgehead atoms. The van der Waals surface area contributed by atoms with Gasteiger partial charge >= 0.3 is 11.9 Å². The van der Waals surface area contributed by atoms with E-state index >= 15 is 0 Å². The van der Waals surface area contributed by atoms with Crippen molar-refractivity contribution in [2.45, 2.75) is 125 Å². The van der Waals surface area contributed by atoms with E-state index in [1.54, 1.807) is 13.8 Å². The Bertz CT molecular complexity index is 1050. The van der Waals surface area contributed by atoms with E-state index in [0.29, 0.717) is 51.6 Å². The topological polar surface area (TPSA) is 209 Å². The average Bonchev–Trinajstić information content (AvgIpc) is 3.05. The first-order valence-corrected chi connectivity index (χ1v) is 17.7. The monoisotopic (exact) mass is 700 g/mol. The van der Waals surface area contributed by atoms with Gasteiger partial charge in [0.25, 0.3) is 0 Å². The third-order valence-electron chi connectivity index (χ3n) is 9.62. The molecular formula is C35H64N4O10. The van der Waals surface area contributed by atoms with Crippen LogP contribution in [0.1, 0.15) is 113 Å². The summed E-state index contributed by atoms with van der Waals surface area (Å²) in [4.78, 5) is 73.4. The lowest BCUT2D eigenvalue weighted by Crippen LogP contribution is -2.46. The van der Waals surface area contributed by atoms with E-state index in [1.165, 1.54) is 0 Å². The molecule has 0 radical (unpaired) electrons. The summed E-state index contributed by atoms with van der Waals surface area (Å²) in [6.45, 7) is 18.3. The summed E-state index contributed by atoms with van der Waals surface area (Å²) in [5.74, 6) is -3.89. The van der Waals surface area contributed by atoms with E-state index in [1.807, 2.05) is 13.8 Å². The van der Waals surface area contributed by atoms with Crippen molar-refractivity contribution < 1.29 is 48.5 Å².